The maximum absolute atomic E-state index is 12.6. The van der Waals surface area contributed by atoms with E-state index in [1.165, 1.54) is 31.3 Å². The van der Waals surface area contributed by atoms with Crippen LogP contribution in [0.2, 0.25) is 0 Å². The summed E-state index contributed by atoms with van der Waals surface area (Å²) >= 11 is 0. The molecule has 0 spiro atoms. The number of sulfonamides is 1. The third-order valence-electron chi connectivity index (χ3n) is 4.27. The van der Waals surface area contributed by atoms with E-state index >= 15 is 0 Å². The van der Waals surface area contributed by atoms with Crippen LogP contribution in [-0.2, 0) is 14.8 Å². The van der Waals surface area contributed by atoms with Crippen LogP contribution >= 0.6 is 0 Å². The molecule has 2 rings (SSSR count). The molecular formula is C17H23N3O3S. The third kappa shape index (κ3) is 4.13. The van der Waals surface area contributed by atoms with Crippen LogP contribution < -0.4 is 0 Å². The number of piperidine rings is 1. The van der Waals surface area contributed by atoms with E-state index in [2.05, 4.69) is 13.8 Å². The van der Waals surface area contributed by atoms with Gasteiger partial charge in [0.1, 0.15) is 0 Å². The fourth-order valence-corrected chi connectivity index (χ4v) is 4.24. The largest absolute Gasteiger partial charge is 0.341 e. The van der Waals surface area contributed by atoms with Crippen LogP contribution in [0.4, 0.5) is 0 Å². The molecule has 1 fully saturated rings. The summed E-state index contributed by atoms with van der Waals surface area (Å²) in [5, 5.41) is 8.79. The first-order valence-corrected chi connectivity index (χ1v) is 9.42. The van der Waals surface area contributed by atoms with Crippen LogP contribution in [0.25, 0.3) is 0 Å². The molecule has 1 saturated heterocycles. The van der Waals surface area contributed by atoms with Crippen LogP contribution in [0, 0.1) is 23.2 Å². The van der Waals surface area contributed by atoms with E-state index in [1.54, 1.807) is 4.90 Å². The van der Waals surface area contributed by atoms with E-state index < -0.39 is 10.0 Å². The first-order valence-electron chi connectivity index (χ1n) is 7.98. The zero-order chi connectivity index (χ0) is 17.9. The minimum Gasteiger partial charge on any atom is -0.341 e. The van der Waals surface area contributed by atoms with Crippen molar-refractivity contribution in [2.75, 3.05) is 26.7 Å². The van der Waals surface area contributed by atoms with Crippen molar-refractivity contribution < 1.29 is 13.2 Å². The van der Waals surface area contributed by atoms with Gasteiger partial charge in [-0.1, -0.05) is 13.8 Å². The Morgan fingerprint density at radius 3 is 2.29 bits per heavy atom. The highest BCUT2D eigenvalue weighted by molar-refractivity contribution is 7.89. The molecule has 2 atom stereocenters. The number of carbonyl (C=O) groups excluding carboxylic acids is 1. The van der Waals surface area contributed by atoms with Gasteiger partial charge < -0.3 is 4.90 Å². The van der Waals surface area contributed by atoms with Crippen LogP contribution in [0.5, 0.6) is 0 Å². The van der Waals surface area contributed by atoms with Crippen molar-refractivity contribution in [3.05, 3.63) is 29.8 Å². The number of likely N-dealkylation sites (N-methyl/N-ethyl adjacent to an activating group) is 1. The highest BCUT2D eigenvalue weighted by Crippen LogP contribution is 2.21. The molecule has 1 aliphatic rings. The molecule has 6 nitrogen and oxygen atoms in total. The summed E-state index contributed by atoms with van der Waals surface area (Å²) in [7, 11) is -2.34. The molecule has 24 heavy (non-hydrogen) atoms. The second-order valence-electron chi connectivity index (χ2n) is 6.64. The Hall–Kier alpha value is -1.91. The summed E-state index contributed by atoms with van der Waals surface area (Å²) in [5.41, 5.74) is 0.393. The summed E-state index contributed by atoms with van der Waals surface area (Å²) in [6.07, 6.45) is 1.09. The van der Waals surface area contributed by atoms with Gasteiger partial charge in [0.05, 0.1) is 23.1 Å². The zero-order valence-corrected chi connectivity index (χ0v) is 15.1. The standard InChI is InChI=1S/C17H23N3O3S/c1-13-8-14(2)11-20(10-13)17(21)12-19(3)24(22,23)16-6-4-15(9-18)5-7-16/h4-7,13-14H,8,10-12H2,1-3H3. The predicted octanol–water partition coefficient (Wildman–Crippen LogP) is 1.68. The fraction of sp³-hybridized carbons (Fsp3) is 0.529. The molecule has 0 bridgehead atoms. The van der Waals surface area contributed by atoms with Crippen LogP contribution in [0.3, 0.4) is 0 Å². The van der Waals surface area contributed by atoms with Crippen LogP contribution in [0.15, 0.2) is 29.2 Å². The van der Waals surface area contributed by atoms with Crippen molar-refractivity contribution in [1.82, 2.24) is 9.21 Å². The lowest BCUT2D eigenvalue weighted by atomic mass is 9.92. The van der Waals surface area contributed by atoms with Gasteiger partial charge in [-0.05, 0) is 42.5 Å². The average molecular weight is 349 g/mol. The molecule has 1 heterocycles. The number of rotatable bonds is 4. The summed E-state index contributed by atoms with van der Waals surface area (Å²) in [5.74, 6) is 0.685. The summed E-state index contributed by atoms with van der Waals surface area (Å²) in [4.78, 5) is 14.3. The predicted molar refractivity (Wildman–Crippen MR) is 90.5 cm³/mol. The first-order chi connectivity index (χ1) is 11.2. The summed E-state index contributed by atoms with van der Waals surface area (Å²) < 4.78 is 26.2. The number of nitriles is 1. The normalized spacial score (nSPS) is 21.5. The second kappa shape index (κ2) is 7.32. The van der Waals surface area contributed by atoms with Crippen molar-refractivity contribution in [1.29, 1.82) is 5.26 Å². The smallest absolute Gasteiger partial charge is 0.243 e. The Morgan fingerprint density at radius 1 is 1.25 bits per heavy atom. The average Bonchev–Trinajstić information content (AvgIpc) is 2.53. The van der Waals surface area contributed by atoms with Crippen molar-refractivity contribution >= 4 is 15.9 Å². The SMILES string of the molecule is CC1CC(C)CN(C(=O)CN(C)S(=O)(=O)c2ccc(C#N)cc2)C1. The summed E-state index contributed by atoms with van der Waals surface area (Å²) in [6, 6.07) is 7.64. The zero-order valence-electron chi connectivity index (χ0n) is 14.3. The molecule has 2 unspecified atom stereocenters. The number of hydrogen-bond donors (Lipinski definition) is 0. The Balaban J connectivity index is 2.08. The maximum atomic E-state index is 12.6. The monoisotopic (exact) mass is 349 g/mol. The molecule has 0 radical (unpaired) electrons. The number of likely N-dealkylation sites (tertiary alicyclic amines) is 1. The number of benzene rings is 1. The van der Waals surface area contributed by atoms with Gasteiger partial charge in [0.15, 0.2) is 0 Å². The highest BCUT2D eigenvalue weighted by atomic mass is 32.2. The molecular weight excluding hydrogens is 326 g/mol. The molecule has 0 aromatic heterocycles. The number of nitrogens with zero attached hydrogens (tertiary/aromatic N) is 3. The van der Waals surface area contributed by atoms with Crippen molar-refractivity contribution in [2.45, 2.75) is 25.2 Å². The third-order valence-corrected chi connectivity index (χ3v) is 6.09. The molecule has 0 saturated carbocycles. The Kier molecular flexibility index (Phi) is 5.62. The van der Waals surface area contributed by atoms with E-state index in [0.29, 0.717) is 30.5 Å². The van der Waals surface area contributed by atoms with Gasteiger partial charge in [0, 0.05) is 20.1 Å². The summed E-state index contributed by atoms with van der Waals surface area (Å²) in [6.45, 7) is 5.38. The minimum atomic E-state index is -3.75. The fourth-order valence-electron chi connectivity index (χ4n) is 3.12. The minimum absolute atomic E-state index is 0.0807. The van der Waals surface area contributed by atoms with E-state index in [4.69, 9.17) is 5.26 Å². The van der Waals surface area contributed by atoms with Gasteiger partial charge >= 0.3 is 0 Å². The molecule has 0 aliphatic carbocycles. The quantitative estimate of drug-likeness (QED) is 0.828. The number of carbonyl (C=O) groups is 1. The lowest BCUT2D eigenvalue weighted by molar-refractivity contribution is -0.133. The Bertz CT molecular complexity index is 727. The van der Waals surface area contributed by atoms with E-state index in [1.807, 2.05) is 6.07 Å². The number of amides is 1. The van der Waals surface area contributed by atoms with Crippen LogP contribution in [-0.4, -0.2) is 50.2 Å². The van der Waals surface area contributed by atoms with E-state index in [-0.39, 0.29) is 17.3 Å². The van der Waals surface area contributed by atoms with Gasteiger partial charge in [0.25, 0.3) is 0 Å². The van der Waals surface area contributed by atoms with Crippen molar-refractivity contribution in [3.8, 4) is 6.07 Å². The second-order valence-corrected chi connectivity index (χ2v) is 8.69. The van der Waals surface area contributed by atoms with E-state index in [0.717, 1.165) is 10.7 Å². The Labute approximate surface area is 143 Å². The highest BCUT2D eigenvalue weighted by Gasteiger charge is 2.29. The Morgan fingerprint density at radius 2 is 1.79 bits per heavy atom. The van der Waals surface area contributed by atoms with Gasteiger partial charge in [-0.2, -0.15) is 9.57 Å². The lowest BCUT2D eigenvalue weighted by Crippen LogP contribution is -2.47. The maximum Gasteiger partial charge on any atom is 0.243 e. The van der Waals surface area contributed by atoms with Gasteiger partial charge in [-0.15, -0.1) is 0 Å². The molecule has 0 N–H and O–H groups in total. The lowest BCUT2D eigenvalue weighted by Gasteiger charge is -2.35. The van der Waals surface area contributed by atoms with E-state index in [9.17, 15) is 13.2 Å². The molecule has 7 heteroatoms. The van der Waals surface area contributed by atoms with Gasteiger partial charge in [-0.25, -0.2) is 8.42 Å². The van der Waals surface area contributed by atoms with Crippen molar-refractivity contribution in [3.63, 3.8) is 0 Å². The molecule has 1 aliphatic heterocycles. The first kappa shape index (κ1) is 18.4. The molecule has 1 aromatic carbocycles. The molecule has 130 valence electrons. The topological polar surface area (TPSA) is 81.5 Å². The number of hydrogen-bond acceptors (Lipinski definition) is 4. The van der Waals surface area contributed by atoms with Crippen molar-refractivity contribution in [2.24, 2.45) is 11.8 Å². The van der Waals surface area contributed by atoms with Gasteiger partial charge in [0.2, 0.25) is 15.9 Å². The van der Waals surface area contributed by atoms with Gasteiger partial charge in [-0.3, -0.25) is 4.79 Å². The molecule has 1 amide bonds. The van der Waals surface area contributed by atoms with Crippen LogP contribution in [0.1, 0.15) is 25.8 Å². The molecule has 1 aromatic rings.